The van der Waals surface area contributed by atoms with E-state index in [0.29, 0.717) is 22.4 Å². The zero-order valence-corrected chi connectivity index (χ0v) is 15.1. The summed E-state index contributed by atoms with van der Waals surface area (Å²) in [5.41, 5.74) is 2.87. The van der Waals surface area contributed by atoms with Crippen molar-refractivity contribution in [3.8, 4) is 17.5 Å². The molecule has 26 heavy (non-hydrogen) atoms. The summed E-state index contributed by atoms with van der Waals surface area (Å²) in [6.45, 7) is 3.74. The van der Waals surface area contributed by atoms with Gasteiger partial charge < -0.3 is 9.73 Å². The fraction of sp³-hybridized carbons (Fsp3) is 0.158. The summed E-state index contributed by atoms with van der Waals surface area (Å²) in [4.78, 5) is 12.4. The van der Waals surface area contributed by atoms with E-state index >= 15 is 0 Å². The average Bonchev–Trinajstić information content (AvgIpc) is 3.11. The van der Waals surface area contributed by atoms with Crippen LogP contribution in [-0.2, 0) is 4.79 Å². The summed E-state index contributed by atoms with van der Waals surface area (Å²) in [6, 6.07) is 16.7. The van der Waals surface area contributed by atoms with Gasteiger partial charge in [-0.25, -0.2) is 0 Å². The van der Waals surface area contributed by atoms with Gasteiger partial charge in [0.25, 0.3) is 5.22 Å². The Morgan fingerprint density at radius 2 is 1.92 bits per heavy atom. The first kappa shape index (κ1) is 17.7. The normalized spacial score (nSPS) is 11.6. The number of para-hydroxylation sites is 1. The molecule has 0 aliphatic heterocycles. The van der Waals surface area contributed by atoms with E-state index in [9.17, 15) is 4.79 Å². The van der Waals surface area contributed by atoms with Crippen LogP contribution < -0.4 is 5.32 Å². The van der Waals surface area contributed by atoms with Gasteiger partial charge in [0.1, 0.15) is 6.07 Å². The summed E-state index contributed by atoms with van der Waals surface area (Å²) in [5.74, 6) is 0.169. The number of aromatic nitrogens is 2. The molecule has 0 saturated carbocycles. The van der Waals surface area contributed by atoms with E-state index in [0.717, 1.165) is 11.1 Å². The number of amides is 1. The maximum Gasteiger partial charge on any atom is 0.277 e. The fourth-order valence-corrected chi connectivity index (χ4v) is 2.88. The monoisotopic (exact) mass is 364 g/mol. The van der Waals surface area contributed by atoms with Crippen LogP contribution in [-0.4, -0.2) is 21.4 Å². The highest BCUT2D eigenvalue weighted by atomic mass is 32.2. The molecule has 0 aliphatic rings. The number of carbonyl (C=O) groups is 1. The zero-order chi connectivity index (χ0) is 18.5. The third-order valence-corrected chi connectivity index (χ3v) is 4.59. The smallest absolute Gasteiger partial charge is 0.277 e. The van der Waals surface area contributed by atoms with E-state index in [-0.39, 0.29) is 5.91 Å². The van der Waals surface area contributed by atoms with E-state index in [2.05, 4.69) is 21.6 Å². The average molecular weight is 364 g/mol. The molecule has 3 rings (SSSR count). The highest BCUT2D eigenvalue weighted by molar-refractivity contribution is 8.00. The molecule has 0 fully saturated rings. The van der Waals surface area contributed by atoms with E-state index in [1.54, 1.807) is 31.2 Å². The van der Waals surface area contributed by atoms with Crippen LogP contribution in [0.25, 0.3) is 11.5 Å². The van der Waals surface area contributed by atoms with Crippen LogP contribution in [0.1, 0.15) is 18.1 Å². The Morgan fingerprint density at radius 1 is 1.19 bits per heavy atom. The maximum atomic E-state index is 12.4. The molecule has 0 unspecified atom stereocenters. The molecule has 130 valence electrons. The van der Waals surface area contributed by atoms with Crippen molar-refractivity contribution < 1.29 is 9.21 Å². The Labute approximate surface area is 155 Å². The molecule has 3 aromatic rings. The number of hydrogen-bond donors (Lipinski definition) is 1. The molecule has 0 aliphatic carbocycles. The molecule has 1 aromatic heterocycles. The first-order chi connectivity index (χ1) is 12.6. The summed E-state index contributed by atoms with van der Waals surface area (Å²) >= 11 is 1.17. The van der Waals surface area contributed by atoms with Crippen molar-refractivity contribution in [3.05, 3.63) is 59.7 Å². The third kappa shape index (κ3) is 4.10. The van der Waals surface area contributed by atoms with Crippen LogP contribution in [0.2, 0.25) is 0 Å². The minimum Gasteiger partial charge on any atom is -0.411 e. The lowest BCUT2D eigenvalue weighted by Gasteiger charge is -2.10. The topological polar surface area (TPSA) is 91.8 Å². The number of nitriles is 1. The Kier molecular flexibility index (Phi) is 5.34. The standard InChI is InChI=1S/C19H16N4O2S/c1-12-7-9-14(10-8-12)18-22-23-19(25-18)26-13(2)17(24)21-16-6-4-3-5-15(16)11-20/h3-10,13H,1-2H3,(H,21,24)/t13-/m1/s1. The Morgan fingerprint density at radius 3 is 2.65 bits per heavy atom. The molecule has 7 heteroatoms. The predicted octanol–water partition coefficient (Wildman–Crippen LogP) is 4.04. The number of benzene rings is 2. The number of rotatable bonds is 5. The number of hydrogen-bond acceptors (Lipinski definition) is 6. The predicted molar refractivity (Wildman–Crippen MR) is 99.6 cm³/mol. The van der Waals surface area contributed by atoms with Gasteiger partial charge in [0.2, 0.25) is 11.8 Å². The molecule has 2 aromatic carbocycles. The molecular formula is C19H16N4O2S. The highest BCUT2D eigenvalue weighted by Crippen LogP contribution is 2.27. The lowest BCUT2D eigenvalue weighted by molar-refractivity contribution is -0.115. The van der Waals surface area contributed by atoms with Crippen molar-refractivity contribution in [1.82, 2.24) is 10.2 Å². The molecule has 0 bridgehead atoms. The van der Waals surface area contributed by atoms with Crippen LogP contribution in [0.3, 0.4) is 0 Å². The van der Waals surface area contributed by atoms with Crippen molar-refractivity contribution in [2.24, 2.45) is 0 Å². The van der Waals surface area contributed by atoms with Crippen molar-refractivity contribution in [2.75, 3.05) is 5.32 Å². The minimum absolute atomic E-state index is 0.243. The second-order valence-corrected chi connectivity index (χ2v) is 6.94. The van der Waals surface area contributed by atoms with Crippen LogP contribution in [0.15, 0.2) is 58.2 Å². The Bertz CT molecular complexity index is 960. The first-order valence-electron chi connectivity index (χ1n) is 7.94. The van der Waals surface area contributed by atoms with E-state index < -0.39 is 5.25 Å². The van der Waals surface area contributed by atoms with Gasteiger partial charge >= 0.3 is 0 Å². The van der Waals surface area contributed by atoms with E-state index in [1.807, 2.05) is 31.2 Å². The van der Waals surface area contributed by atoms with E-state index in [4.69, 9.17) is 9.68 Å². The number of thioether (sulfide) groups is 1. The van der Waals surface area contributed by atoms with Crippen molar-refractivity contribution in [2.45, 2.75) is 24.3 Å². The third-order valence-electron chi connectivity index (χ3n) is 3.66. The Hall–Kier alpha value is -3.11. The summed E-state index contributed by atoms with van der Waals surface area (Å²) in [7, 11) is 0. The lowest BCUT2D eigenvalue weighted by Crippen LogP contribution is -2.22. The van der Waals surface area contributed by atoms with Gasteiger partial charge in [-0.1, -0.05) is 41.6 Å². The fourth-order valence-electron chi connectivity index (χ4n) is 2.20. The zero-order valence-electron chi connectivity index (χ0n) is 14.3. The minimum atomic E-state index is -0.465. The number of anilines is 1. The van der Waals surface area contributed by atoms with Gasteiger partial charge in [-0.2, -0.15) is 5.26 Å². The second kappa shape index (κ2) is 7.85. The van der Waals surface area contributed by atoms with Gasteiger partial charge in [-0.3, -0.25) is 4.79 Å². The van der Waals surface area contributed by atoms with Crippen LogP contribution in [0.5, 0.6) is 0 Å². The SMILES string of the molecule is Cc1ccc(-c2nnc(S[C@H](C)C(=O)Nc3ccccc3C#N)o2)cc1. The first-order valence-corrected chi connectivity index (χ1v) is 8.82. The number of carbonyl (C=O) groups excluding carboxylic acids is 1. The highest BCUT2D eigenvalue weighted by Gasteiger charge is 2.19. The molecule has 1 N–H and O–H groups in total. The van der Waals surface area contributed by atoms with Crippen molar-refractivity contribution in [1.29, 1.82) is 5.26 Å². The quantitative estimate of drug-likeness (QED) is 0.687. The van der Waals surface area contributed by atoms with Gasteiger partial charge in [0, 0.05) is 5.56 Å². The summed E-state index contributed by atoms with van der Waals surface area (Å²) in [6.07, 6.45) is 0. The molecule has 0 radical (unpaired) electrons. The van der Waals surface area contributed by atoms with Gasteiger partial charge in [0.05, 0.1) is 16.5 Å². The van der Waals surface area contributed by atoms with Crippen LogP contribution >= 0.6 is 11.8 Å². The number of nitrogens with zero attached hydrogens (tertiary/aromatic N) is 3. The molecule has 1 atom stereocenters. The van der Waals surface area contributed by atoms with Crippen molar-refractivity contribution >= 4 is 23.4 Å². The maximum absolute atomic E-state index is 12.4. The molecule has 1 heterocycles. The second-order valence-electron chi connectivity index (χ2n) is 5.65. The van der Waals surface area contributed by atoms with Crippen molar-refractivity contribution in [3.63, 3.8) is 0 Å². The number of nitrogens with one attached hydrogen (secondary N) is 1. The summed E-state index contributed by atoms with van der Waals surface area (Å²) < 4.78 is 5.63. The molecule has 6 nitrogen and oxygen atoms in total. The largest absolute Gasteiger partial charge is 0.411 e. The van der Waals surface area contributed by atoms with Crippen LogP contribution in [0.4, 0.5) is 5.69 Å². The number of aryl methyl sites for hydroxylation is 1. The Balaban J connectivity index is 1.66. The van der Waals surface area contributed by atoms with Crippen LogP contribution in [0, 0.1) is 18.3 Å². The van der Waals surface area contributed by atoms with Gasteiger partial charge in [0.15, 0.2) is 0 Å². The van der Waals surface area contributed by atoms with Gasteiger partial charge in [-0.05, 0) is 38.1 Å². The summed E-state index contributed by atoms with van der Waals surface area (Å²) in [5, 5.41) is 19.7. The molecule has 0 spiro atoms. The molecule has 0 saturated heterocycles. The molecular weight excluding hydrogens is 348 g/mol. The van der Waals surface area contributed by atoms with Gasteiger partial charge in [-0.15, -0.1) is 10.2 Å². The molecule has 1 amide bonds. The lowest BCUT2D eigenvalue weighted by atomic mass is 10.1. The van der Waals surface area contributed by atoms with E-state index in [1.165, 1.54) is 11.8 Å².